The Hall–Kier alpha value is -1.93. The van der Waals surface area contributed by atoms with Crippen molar-refractivity contribution in [3.8, 4) is 5.75 Å². The van der Waals surface area contributed by atoms with E-state index < -0.39 is 6.10 Å². The Labute approximate surface area is 172 Å². The lowest BCUT2D eigenvalue weighted by Crippen LogP contribution is -2.23. The monoisotopic (exact) mass is 400 g/mol. The molecule has 1 aromatic carbocycles. The number of rotatable bonds is 7. The molecule has 0 bridgehead atoms. The SMILES string of the molecule is COc1ccc(CN2CCCn3nc([C@H](O)CO)cc3C2)cc1CN1CCCC1. The van der Waals surface area contributed by atoms with Gasteiger partial charge in [-0.15, -0.1) is 0 Å². The summed E-state index contributed by atoms with van der Waals surface area (Å²) in [7, 11) is 1.75. The van der Waals surface area contributed by atoms with E-state index in [2.05, 4.69) is 33.1 Å². The number of likely N-dealkylation sites (tertiary alicyclic amines) is 1. The Morgan fingerprint density at radius 2 is 1.83 bits per heavy atom. The highest BCUT2D eigenvalue weighted by Gasteiger charge is 2.20. The molecule has 0 radical (unpaired) electrons. The summed E-state index contributed by atoms with van der Waals surface area (Å²) in [5.41, 5.74) is 4.21. The number of aromatic nitrogens is 2. The molecule has 7 heteroatoms. The second-order valence-corrected chi connectivity index (χ2v) is 8.18. The maximum Gasteiger partial charge on any atom is 0.123 e. The number of aryl methyl sites for hydroxylation is 1. The average molecular weight is 401 g/mol. The van der Waals surface area contributed by atoms with E-state index in [4.69, 9.17) is 4.74 Å². The summed E-state index contributed by atoms with van der Waals surface area (Å²) in [6.45, 7) is 6.51. The molecule has 1 atom stereocenters. The number of hydrogen-bond acceptors (Lipinski definition) is 6. The predicted molar refractivity (Wildman–Crippen MR) is 111 cm³/mol. The molecule has 1 saturated heterocycles. The van der Waals surface area contributed by atoms with Gasteiger partial charge in [0.1, 0.15) is 11.9 Å². The number of hydrogen-bond donors (Lipinski definition) is 2. The molecule has 4 rings (SSSR count). The normalized spacial score (nSPS) is 19.1. The zero-order chi connectivity index (χ0) is 20.2. The molecule has 158 valence electrons. The molecule has 3 heterocycles. The first-order valence-electron chi connectivity index (χ1n) is 10.6. The van der Waals surface area contributed by atoms with Gasteiger partial charge in [0.15, 0.2) is 0 Å². The molecular weight excluding hydrogens is 368 g/mol. The summed E-state index contributed by atoms with van der Waals surface area (Å²) in [6, 6.07) is 8.47. The van der Waals surface area contributed by atoms with Gasteiger partial charge in [-0.2, -0.15) is 5.10 Å². The number of benzene rings is 1. The molecular formula is C22H32N4O3. The number of nitrogens with zero attached hydrogens (tertiary/aromatic N) is 4. The van der Waals surface area contributed by atoms with Gasteiger partial charge in [-0.25, -0.2) is 0 Å². The first-order chi connectivity index (χ1) is 14.2. The van der Waals surface area contributed by atoms with Crippen LogP contribution in [0.5, 0.6) is 5.75 Å². The van der Waals surface area contributed by atoms with E-state index in [0.29, 0.717) is 5.69 Å². The molecule has 1 aromatic heterocycles. The van der Waals surface area contributed by atoms with Crippen LogP contribution in [0.4, 0.5) is 0 Å². The smallest absolute Gasteiger partial charge is 0.123 e. The van der Waals surface area contributed by atoms with E-state index in [1.165, 1.54) is 37.1 Å². The van der Waals surface area contributed by atoms with Crippen LogP contribution < -0.4 is 4.74 Å². The van der Waals surface area contributed by atoms with Crippen molar-refractivity contribution in [2.45, 2.75) is 51.5 Å². The summed E-state index contributed by atoms with van der Waals surface area (Å²) in [5, 5.41) is 23.6. The Bertz CT molecular complexity index is 816. The quantitative estimate of drug-likeness (QED) is 0.740. The van der Waals surface area contributed by atoms with Crippen LogP contribution in [0.3, 0.4) is 0 Å². The minimum absolute atomic E-state index is 0.300. The lowest BCUT2D eigenvalue weighted by Gasteiger charge is -2.22. The molecule has 0 aliphatic carbocycles. The van der Waals surface area contributed by atoms with Gasteiger partial charge in [0.25, 0.3) is 0 Å². The summed E-state index contributed by atoms with van der Waals surface area (Å²) in [4.78, 5) is 4.93. The molecule has 0 unspecified atom stereocenters. The molecule has 2 aliphatic heterocycles. The fourth-order valence-corrected chi connectivity index (χ4v) is 4.44. The van der Waals surface area contributed by atoms with Crippen molar-refractivity contribution in [2.75, 3.05) is 33.4 Å². The van der Waals surface area contributed by atoms with Gasteiger partial charge < -0.3 is 14.9 Å². The molecule has 2 N–H and O–H groups in total. The molecule has 1 fully saturated rings. The number of aliphatic hydroxyl groups excluding tert-OH is 2. The van der Waals surface area contributed by atoms with Crippen molar-refractivity contribution in [1.82, 2.24) is 19.6 Å². The minimum Gasteiger partial charge on any atom is -0.496 e. The van der Waals surface area contributed by atoms with E-state index in [0.717, 1.165) is 50.6 Å². The van der Waals surface area contributed by atoms with Gasteiger partial charge in [0.2, 0.25) is 0 Å². The van der Waals surface area contributed by atoms with Crippen LogP contribution in [0.25, 0.3) is 0 Å². The van der Waals surface area contributed by atoms with E-state index in [1.54, 1.807) is 7.11 Å². The first-order valence-corrected chi connectivity index (χ1v) is 10.6. The zero-order valence-corrected chi connectivity index (χ0v) is 17.3. The number of aliphatic hydroxyl groups is 2. The molecule has 0 spiro atoms. The maximum absolute atomic E-state index is 9.89. The zero-order valence-electron chi connectivity index (χ0n) is 17.3. The maximum atomic E-state index is 9.89. The van der Waals surface area contributed by atoms with Crippen LogP contribution in [-0.2, 0) is 26.2 Å². The molecule has 0 amide bonds. The fourth-order valence-electron chi connectivity index (χ4n) is 4.44. The third-order valence-corrected chi connectivity index (χ3v) is 5.97. The van der Waals surface area contributed by atoms with Gasteiger partial charge in [-0.1, -0.05) is 6.07 Å². The largest absolute Gasteiger partial charge is 0.496 e. The molecule has 29 heavy (non-hydrogen) atoms. The van der Waals surface area contributed by atoms with Gasteiger partial charge in [0, 0.05) is 38.3 Å². The first kappa shape index (κ1) is 20.3. The van der Waals surface area contributed by atoms with Crippen LogP contribution >= 0.6 is 0 Å². The van der Waals surface area contributed by atoms with Crippen LogP contribution in [0.15, 0.2) is 24.3 Å². The lowest BCUT2D eigenvalue weighted by atomic mass is 10.1. The number of methoxy groups -OCH3 is 1. The van der Waals surface area contributed by atoms with Gasteiger partial charge >= 0.3 is 0 Å². The fraction of sp³-hybridized carbons (Fsp3) is 0.591. The van der Waals surface area contributed by atoms with E-state index in [-0.39, 0.29) is 6.61 Å². The van der Waals surface area contributed by atoms with Crippen molar-refractivity contribution < 1.29 is 14.9 Å². The Morgan fingerprint density at radius 1 is 1.03 bits per heavy atom. The average Bonchev–Trinajstić information content (AvgIpc) is 3.34. The topological polar surface area (TPSA) is 74.0 Å². The van der Waals surface area contributed by atoms with E-state index in [9.17, 15) is 10.2 Å². The van der Waals surface area contributed by atoms with Crippen LogP contribution in [0.1, 0.15) is 47.9 Å². The third kappa shape index (κ3) is 4.80. The highest BCUT2D eigenvalue weighted by molar-refractivity contribution is 5.37. The van der Waals surface area contributed by atoms with Gasteiger partial charge in [-0.3, -0.25) is 14.5 Å². The highest BCUT2D eigenvalue weighted by Crippen LogP contribution is 2.25. The summed E-state index contributed by atoms with van der Waals surface area (Å²) >= 11 is 0. The highest BCUT2D eigenvalue weighted by atomic mass is 16.5. The lowest BCUT2D eigenvalue weighted by molar-refractivity contribution is 0.0916. The minimum atomic E-state index is -0.905. The second kappa shape index (κ2) is 9.26. The number of ether oxygens (including phenoxy) is 1. The van der Waals surface area contributed by atoms with Crippen molar-refractivity contribution in [3.63, 3.8) is 0 Å². The third-order valence-electron chi connectivity index (χ3n) is 5.97. The molecule has 2 aliphatic rings. The summed E-state index contributed by atoms with van der Waals surface area (Å²) < 4.78 is 7.58. The van der Waals surface area contributed by atoms with Crippen molar-refractivity contribution in [3.05, 3.63) is 46.8 Å². The number of fused-ring (bicyclic) bond motifs is 1. The summed E-state index contributed by atoms with van der Waals surface area (Å²) in [5.74, 6) is 0.970. The van der Waals surface area contributed by atoms with Gasteiger partial charge in [-0.05, 0) is 56.1 Å². The Morgan fingerprint density at radius 3 is 2.59 bits per heavy atom. The predicted octanol–water partition coefficient (Wildman–Crippen LogP) is 1.92. The van der Waals surface area contributed by atoms with E-state index >= 15 is 0 Å². The summed E-state index contributed by atoms with van der Waals surface area (Å²) in [6.07, 6.45) is 2.69. The Balaban J connectivity index is 1.47. The second-order valence-electron chi connectivity index (χ2n) is 8.18. The van der Waals surface area contributed by atoms with Gasteiger partial charge in [0.05, 0.1) is 25.1 Å². The van der Waals surface area contributed by atoms with Crippen LogP contribution in [0.2, 0.25) is 0 Å². The molecule has 2 aromatic rings. The van der Waals surface area contributed by atoms with E-state index in [1.807, 2.05) is 10.7 Å². The van der Waals surface area contributed by atoms with Crippen LogP contribution in [-0.4, -0.2) is 63.1 Å². The van der Waals surface area contributed by atoms with Crippen LogP contribution in [0, 0.1) is 0 Å². The van der Waals surface area contributed by atoms with Crippen molar-refractivity contribution >= 4 is 0 Å². The van der Waals surface area contributed by atoms with Crippen molar-refractivity contribution in [1.29, 1.82) is 0 Å². The standard InChI is InChI=1S/C22H32N4O3/c1-29-22-6-5-17(11-18(22)14-24-7-2-3-8-24)13-25-9-4-10-26-19(15-25)12-20(23-26)21(28)16-27/h5-6,11-12,21,27-28H,2-4,7-10,13-16H2,1H3/t21-/m1/s1. The Kier molecular flexibility index (Phi) is 6.50. The molecule has 0 saturated carbocycles. The van der Waals surface area contributed by atoms with Crippen molar-refractivity contribution in [2.24, 2.45) is 0 Å². The molecule has 7 nitrogen and oxygen atoms in total.